The molecule has 6 heteroatoms. The van der Waals surface area contributed by atoms with Gasteiger partial charge in [-0.15, -0.1) is 11.3 Å². The normalized spacial score (nSPS) is 17.9. The fourth-order valence-corrected chi connectivity index (χ4v) is 3.49. The van der Waals surface area contributed by atoms with Crippen molar-refractivity contribution in [1.82, 2.24) is 4.90 Å². The number of rotatable bonds is 1. The Labute approximate surface area is 119 Å². The number of anilines is 1. The SMILES string of the molecule is CN1CCN(c2csc3cc(C(F)(F)F)ccc23)CC1. The molecule has 1 aromatic carbocycles. The van der Waals surface area contributed by atoms with E-state index in [1.165, 1.54) is 23.5 Å². The van der Waals surface area contributed by atoms with Crippen molar-refractivity contribution in [3.8, 4) is 0 Å². The summed E-state index contributed by atoms with van der Waals surface area (Å²) in [5.74, 6) is 0. The van der Waals surface area contributed by atoms with Gasteiger partial charge in [-0.1, -0.05) is 6.07 Å². The van der Waals surface area contributed by atoms with E-state index in [9.17, 15) is 13.2 Å². The quantitative estimate of drug-likeness (QED) is 0.793. The molecule has 1 aliphatic rings. The highest BCUT2D eigenvalue weighted by molar-refractivity contribution is 7.17. The second kappa shape index (κ2) is 4.93. The number of fused-ring (bicyclic) bond motifs is 1. The second-order valence-electron chi connectivity index (χ2n) is 5.12. The van der Waals surface area contributed by atoms with E-state index in [0.717, 1.165) is 37.3 Å². The number of alkyl halides is 3. The third-order valence-electron chi connectivity index (χ3n) is 3.73. The molecule has 2 aromatic rings. The van der Waals surface area contributed by atoms with Crippen LogP contribution in [0.2, 0.25) is 0 Å². The Morgan fingerprint density at radius 3 is 2.45 bits per heavy atom. The zero-order valence-corrected chi connectivity index (χ0v) is 11.9. The number of benzene rings is 1. The van der Waals surface area contributed by atoms with Gasteiger partial charge in [0.1, 0.15) is 0 Å². The van der Waals surface area contributed by atoms with Gasteiger partial charge in [0.15, 0.2) is 0 Å². The summed E-state index contributed by atoms with van der Waals surface area (Å²) in [5.41, 5.74) is 0.489. The van der Waals surface area contributed by atoms with Crippen molar-refractivity contribution in [3.05, 3.63) is 29.1 Å². The van der Waals surface area contributed by atoms with Gasteiger partial charge in [0.2, 0.25) is 0 Å². The lowest BCUT2D eigenvalue weighted by molar-refractivity contribution is -0.137. The lowest BCUT2D eigenvalue weighted by atomic mass is 10.1. The summed E-state index contributed by atoms with van der Waals surface area (Å²) < 4.78 is 38.8. The Morgan fingerprint density at radius 1 is 1.10 bits per heavy atom. The largest absolute Gasteiger partial charge is 0.416 e. The molecule has 108 valence electrons. The molecule has 1 aromatic heterocycles. The molecule has 0 radical (unpaired) electrons. The van der Waals surface area contributed by atoms with E-state index in [0.29, 0.717) is 4.70 Å². The topological polar surface area (TPSA) is 6.48 Å². The first-order valence-electron chi connectivity index (χ1n) is 6.47. The molecule has 0 unspecified atom stereocenters. The van der Waals surface area contributed by atoms with Gasteiger partial charge in [0.25, 0.3) is 0 Å². The highest BCUT2D eigenvalue weighted by Gasteiger charge is 2.31. The number of hydrogen-bond donors (Lipinski definition) is 0. The fraction of sp³-hybridized carbons (Fsp3) is 0.429. The number of thiophene rings is 1. The van der Waals surface area contributed by atoms with Crippen LogP contribution < -0.4 is 4.90 Å². The van der Waals surface area contributed by atoms with Gasteiger partial charge in [-0.2, -0.15) is 13.2 Å². The molecule has 1 fully saturated rings. The highest BCUT2D eigenvalue weighted by atomic mass is 32.1. The van der Waals surface area contributed by atoms with Crippen LogP contribution in [0.15, 0.2) is 23.6 Å². The van der Waals surface area contributed by atoms with E-state index in [1.54, 1.807) is 6.07 Å². The van der Waals surface area contributed by atoms with E-state index in [-0.39, 0.29) is 0 Å². The van der Waals surface area contributed by atoms with E-state index >= 15 is 0 Å². The Bertz CT molecular complexity index is 612. The Kier molecular flexibility index (Phi) is 3.38. The average molecular weight is 300 g/mol. The molecule has 0 amide bonds. The predicted molar refractivity (Wildman–Crippen MR) is 76.5 cm³/mol. The summed E-state index contributed by atoms with van der Waals surface area (Å²) in [4.78, 5) is 4.51. The molecular formula is C14H15F3N2S. The number of nitrogens with zero attached hydrogens (tertiary/aromatic N) is 2. The summed E-state index contributed by atoms with van der Waals surface area (Å²) in [5, 5.41) is 2.89. The van der Waals surface area contributed by atoms with Crippen molar-refractivity contribution in [2.45, 2.75) is 6.18 Å². The Balaban J connectivity index is 1.94. The van der Waals surface area contributed by atoms with Gasteiger partial charge in [0, 0.05) is 41.6 Å². The van der Waals surface area contributed by atoms with Crippen LogP contribution in [0.4, 0.5) is 18.9 Å². The van der Waals surface area contributed by atoms with Crippen LogP contribution in [-0.4, -0.2) is 38.1 Å². The number of halogens is 3. The van der Waals surface area contributed by atoms with Crippen LogP contribution in [0.1, 0.15) is 5.56 Å². The van der Waals surface area contributed by atoms with Crippen LogP contribution in [-0.2, 0) is 6.18 Å². The monoisotopic (exact) mass is 300 g/mol. The van der Waals surface area contributed by atoms with Gasteiger partial charge in [-0.25, -0.2) is 0 Å². The summed E-state index contributed by atoms with van der Waals surface area (Å²) >= 11 is 1.38. The first-order valence-corrected chi connectivity index (χ1v) is 7.35. The minimum absolute atomic E-state index is 0.572. The van der Waals surface area contributed by atoms with E-state index in [2.05, 4.69) is 16.8 Å². The zero-order chi connectivity index (χ0) is 14.3. The Hall–Kier alpha value is -1.27. The van der Waals surface area contributed by atoms with E-state index in [4.69, 9.17) is 0 Å². The van der Waals surface area contributed by atoms with Crippen LogP contribution in [0.3, 0.4) is 0 Å². The molecule has 0 N–H and O–H groups in total. The van der Waals surface area contributed by atoms with Crippen LogP contribution in [0.25, 0.3) is 10.1 Å². The number of likely N-dealkylation sites (N-methyl/N-ethyl adjacent to an activating group) is 1. The molecule has 0 atom stereocenters. The summed E-state index contributed by atoms with van der Waals surface area (Å²) in [7, 11) is 2.08. The molecule has 1 aliphatic heterocycles. The maximum absolute atomic E-state index is 12.7. The standard InChI is InChI=1S/C14H15F3N2S/c1-18-4-6-19(7-5-18)12-9-20-13-8-10(14(15,16)17)2-3-11(12)13/h2-3,8-9H,4-7H2,1H3. The molecule has 2 nitrogen and oxygen atoms in total. The van der Waals surface area contributed by atoms with Crippen LogP contribution in [0.5, 0.6) is 0 Å². The van der Waals surface area contributed by atoms with E-state index in [1.807, 2.05) is 5.38 Å². The Morgan fingerprint density at radius 2 is 1.80 bits per heavy atom. The van der Waals surface area contributed by atoms with Crippen LogP contribution in [0, 0.1) is 0 Å². The van der Waals surface area contributed by atoms with Gasteiger partial charge in [-0.3, -0.25) is 0 Å². The molecule has 1 saturated heterocycles. The molecule has 0 aliphatic carbocycles. The maximum Gasteiger partial charge on any atom is 0.416 e. The van der Waals surface area contributed by atoms with Gasteiger partial charge in [-0.05, 0) is 19.2 Å². The summed E-state index contributed by atoms with van der Waals surface area (Å²) in [6.07, 6.45) is -4.27. The molecule has 0 spiro atoms. The lowest BCUT2D eigenvalue weighted by Crippen LogP contribution is -2.44. The molecule has 3 rings (SSSR count). The van der Waals surface area contributed by atoms with Crippen LogP contribution >= 0.6 is 11.3 Å². The molecule has 0 saturated carbocycles. The number of piperazine rings is 1. The van der Waals surface area contributed by atoms with Crippen molar-refractivity contribution >= 4 is 27.1 Å². The highest BCUT2D eigenvalue weighted by Crippen LogP contribution is 2.38. The van der Waals surface area contributed by atoms with Crippen molar-refractivity contribution in [2.75, 3.05) is 38.1 Å². The predicted octanol–water partition coefficient (Wildman–Crippen LogP) is 3.67. The average Bonchev–Trinajstić information content (AvgIpc) is 2.81. The van der Waals surface area contributed by atoms with Crippen molar-refractivity contribution < 1.29 is 13.2 Å². The summed E-state index contributed by atoms with van der Waals surface area (Å²) in [6, 6.07) is 4.02. The summed E-state index contributed by atoms with van der Waals surface area (Å²) in [6.45, 7) is 3.81. The number of hydrogen-bond acceptors (Lipinski definition) is 3. The molecule has 20 heavy (non-hydrogen) atoms. The molecular weight excluding hydrogens is 285 g/mol. The van der Waals surface area contributed by atoms with Crippen molar-refractivity contribution in [3.63, 3.8) is 0 Å². The van der Waals surface area contributed by atoms with E-state index < -0.39 is 11.7 Å². The third-order valence-corrected chi connectivity index (χ3v) is 4.66. The van der Waals surface area contributed by atoms with Gasteiger partial charge < -0.3 is 9.80 Å². The molecule has 2 heterocycles. The first-order chi connectivity index (χ1) is 9.45. The van der Waals surface area contributed by atoms with Gasteiger partial charge in [0.05, 0.1) is 11.3 Å². The fourth-order valence-electron chi connectivity index (χ4n) is 2.48. The van der Waals surface area contributed by atoms with Gasteiger partial charge >= 0.3 is 6.18 Å². The lowest BCUT2D eigenvalue weighted by Gasteiger charge is -2.33. The molecule has 0 bridgehead atoms. The third kappa shape index (κ3) is 2.50. The van der Waals surface area contributed by atoms with Crippen molar-refractivity contribution in [1.29, 1.82) is 0 Å². The minimum Gasteiger partial charge on any atom is -0.368 e. The van der Waals surface area contributed by atoms with Crippen molar-refractivity contribution in [2.24, 2.45) is 0 Å². The minimum atomic E-state index is -4.27. The first kappa shape index (κ1) is 13.7. The smallest absolute Gasteiger partial charge is 0.368 e. The maximum atomic E-state index is 12.7. The second-order valence-corrected chi connectivity index (χ2v) is 6.03. The zero-order valence-electron chi connectivity index (χ0n) is 11.1.